The van der Waals surface area contributed by atoms with Gasteiger partial charge in [0.2, 0.25) is 0 Å². The summed E-state index contributed by atoms with van der Waals surface area (Å²) in [5, 5.41) is 0. The lowest BCUT2D eigenvalue weighted by molar-refractivity contribution is -0.110. The van der Waals surface area contributed by atoms with Crippen LogP contribution in [-0.2, 0) is 4.79 Å². The molecule has 0 amide bonds. The van der Waals surface area contributed by atoms with E-state index in [0.717, 1.165) is 0 Å². The normalized spacial score (nSPS) is 31.4. The Morgan fingerprint density at radius 3 is 2.22 bits per heavy atom. The van der Waals surface area contributed by atoms with Gasteiger partial charge in [-0.1, -0.05) is 12.2 Å². The van der Waals surface area contributed by atoms with E-state index in [2.05, 4.69) is 25.3 Å². The van der Waals surface area contributed by atoms with Crippen LogP contribution in [-0.4, -0.2) is 9.86 Å². The molecule has 0 aromatic carbocycles. The van der Waals surface area contributed by atoms with E-state index in [4.69, 9.17) is 0 Å². The highest BCUT2D eigenvalue weighted by Gasteiger charge is 2.58. The van der Waals surface area contributed by atoms with Gasteiger partial charge in [0, 0.05) is 0 Å². The standard InChI is InChI=1S/C6H8OS2/c1-2-3-4-5(7)6(4,8)9/h2-4,8-9H,1H3. The van der Waals surface area contributed by atoms with Crippen molar-refractivity contribution in [2.45, 2.75) is 11.0 Å². The lowest BCUT2D eigenvalue weighted by Crippen LogP contribution is -1.87. The second kappa shape index (κ2) is 2.06. The van der Waals surface area contributed by atoms with Crippen molar-refractivity contribution in [2.24, 2.45) is 5.92 Å². The third kappa shape index (κ3) is 1.03. The van der Waals surface area contributed by atoms with E-state index in [-0.39, 0.29) is 11.7 Å². The van der Waals surface area contributed by atoms with Crippen molar-refractivity contribution < 1.29 is 4.79 Å². The average molecular weight is 160 g/mol. The van der Waals surface area contributed by atoms with Crippen molar-refractivity contribution in [1.29, 1.82) is 0 Å². The lowest BCUT2D eigenvalue weighted by Gasteiger charge is -1.88. The summed E-state index contributed by atoms with van der Waals surface area (Å²) in [6.07, 6.45) is 3.67. The minimum atomic E-state index is -0.660. The molecule has 1 unspecified atom stereocenters. The van der Waals surface area contributed by atoms with Crippen LogP contribution < -0.4 is 0 Å². The first kappa shape index (κ1) is 7.22. The molecule has 0 saturated heterocycles. The SMILES string of the molecule is CC=CC1C(=O)C1(S)S. The van der Waals surface area contributed by atoms with Gasteiger partial charge < -0.3 is 0 Å². The van der Waals surface area contributed by atoms with Crippen LogP contribution in [0.5, 0.6) is 0 Å². The van der Waals surface area contributed by atoms with E-state index in [9.17, 15) is 4.79 Å². The van der Waals surface area contributed by atoms with Crippen molar-refractivity contribution in [3.8, 4) is 0 Å². The van der Waals surface area contributed by atoms with E-state index >= 15 is 0 Å². The average Bonchev–Trinajstić information content (AvgIpc) is 2.19. The summed E-state index contributed by atoms with van der Waals surface area (Å²) < 4.78 is -0.660. The van der Waals surface area contributed by atoms with Gasteiger partial charge in [-0.15, -0.1) is 0 Å². The van der Waals surface area contributed by atoms with Crippen LogP contribution in [0.1, 0.15) is 6.92 Å². The second-order valence-electron chi connectivity index (χ2n) is 2.09. The first-order chi connectivity index (χ1) is 4.10. The van der Waals surface area contributed by atoms with Gasteiger partial charge in [0.1, 0.15) is 4.08 Å². The Bertz CT molecular complexity index is 172. The van der Waals surface area contributed by atoms with E-state index in [0.29, 0.717) is 0 Å². The van der Waals surface area contributed by atoms with Gasteiger partial charge in [-0.2, -0.15) is 25.3 Å². The molecule has 0 spiro atoms. The molecule has 50 valence electrons. The topological polar surface area (TPSA) is 17.1 Å². The first-order valence-electron chi connectivity index (χ1n) is 2.72. The van der Waals surface area contributed by atoms with E-state index < -0.39 is 4.08 Å². The van der Waals surface area contributed by atoms with Crippen molar-refractivity contribution in [1.82, 2.24) is 0 Å². The number of ketones is 1. The van der Waals surface area contributed by atoms with Crippen LogP contribution in [0.2, 0.25) is 0 Å². The van der Waals surface area contributed by atoms with E-state index in [1.165, 1.54) is 0 Å². The van der Waals surface area contributed by atoms with Crippen LogP contribution in [0.15, 0.2) is 12.2 Å². The minimum Gasteiger partial charge on any atom is -0.296 e. The van der Waals surface area contributed by atoms with Crippen LogP contribution >= 0.6 is 25.3 Å². The van der Waals surface area contributed by atoms with Crippen LogP contribution in [0.3, 0.4) is 0 Å². The summed E-state index contributed by atoms with van der Waals surface area (Å²) >= 11 is 8.04. The molecule has 0 heterocycles. The Labute approximate surface area is 65.3 Å². The lowest BCUT2D eigenvalue weighted by atomic mass is 10.4. The zero-order chi connectivity index (χ0) is 7.07. The Balaban J connectivity index is 2.63. The summed E-state index contributed by atoms with van der Waals surface area (Å²) in [6.45, 7) is 1.88. The fourth-order valence-electron chi connectivity index (χ4n) is 0.717. The molecule has 1 aliphatic carbocycles. The zero-order valence-electron chi connectivity index (χ0n) is 5.03. The van der Waals surface area contributed by atoms with Gasteiger partial charge in [0.15, 0.2) is 5.78 Å². The quantitative estimate of drug-likeness (QED) is 0.336. The Hall–Kier alpha value is 0.110. The summed E-state index contributed by atoms with van der Waals surface area (Å²) in [5.74, 6) is 0.0430. The molecule has 1 saturated carbocycles. The smallest absolute Gasteiger partial charge is 0.168 e. The summed E-state index contributed by atoms with van der Waals surface area (Å²) in [7, 11) is 0. The van der Waals surface area contributed by atoms with E-state index in [1.54, 1.807) is 0 Å². The Morgan fingerprint density at radius 2 is 2.11 bits per heavy atom. The highest BCUT2D eigenvalue weighted by molar-refractivity contribution is 8.03. The number of hydrogen-bond acceptors (Lipinski definition) is 3. The molecule has 0 N–H and O–H groups in total. The van der Waals surface area contributed by atoms with Crippen molar-refractivity contribution in [3.63, 3.8) is 0 Å². The van der Waals surface area contributed by atoms with Crippen molar-refractivity contribution >= 4 is 31.0 Å². The molecular weight excluding hydrogens is 152 g/mol. The molecule has 1 aliphatic rings. The first-order valence-corrected chi connectivity index (χ1v) is 3.62. The van der Waals surface area contributed by atoms with Gasteiger partial charge in [0.05, 0.1) is 5.92 Å². The maximum atomic E-state index is 10.7. The molecule has 0 bridgehead atoms. The second-order valence-corrected chi connectivity index (χ2v) is 3.86. The Morgan fingerprint density at radius 1 is 1.67 bits per heavy atom. The van der Waals surface area contributed by atoms with Gasteiger partial charge in [-0.3, -0.25) is 4.79 Å². The number of hydrogen-bond donors (Lipinski definition) is 2. The third-order valence-electron chi connectivity index (χ3n) is 1.38. The molecule has 1 rings (SSSR count). The molecule has 0 aromatic heterocycles. The molecule has 3 heteroatoms. The fraction of sp³-hybridized carbons (Fsp3) is 0.500. The van der Waals surface area contributed by atoms with Gasteiger partial charge in [-0.25, -0.2) is 0 Å². The molecule has 1 nitrogen and oxygen atoms in total. The summed E-state index contributed by atoms with van der Waals surface area (Å²) in [5.41, 5.74) is 0. The number of carbonyl (C=O) groups excluding carboxylic acids is 1. The summed E-state index contributed by atoms with van der Waals surface area (Å²) in [6, 6.07) is 0. The number of allylic oxidation sites excluding steroid dienone is 2. The molecule has 1 atom stereocenters. The number of rotatable bonds is 1. The van der Waals surface area contributed by atoms with Crippen LogP contribution in [0.25, 0.3) is 0 Å². The molecular formula is C6H8OS2. The predicted molar refractivity (Wildman–Crippen MR) is 44.0 cm³/mol. The fourth-order valence-corrected chi connectivity index (χ4v) is 1.27. The van der Waals surface area contributed by atoms with Crippen molar-refractivity contribution in [3.05, 3.63) is 12.2 Å². The molecule has 1 fully saturated rings. The highest BCUT2D eigenvalue weighted by atomic mass is 32.2. The largest absolute Gasteiger partial charge is 0.296 e. The van der Waals surface area contributed by atoms with Crippen LogP contribution in [0, 0.1) is 5.92 Å². The van der Waals surface area contributed by atoms with Gasteiger partial charge in [0.25, 0.3) is 0 Å². The van der Waals surface area contributed by atoms with Gasteiger partial charge >= 0.3 is 0 Å². The molecule has 0 radical (unpaired) electrons. The Kier molecular flexibility index (Phi) is 1.65. The maximum Gasteiger partial charge on any atom is 0.168 e. The van der Waals surface area contributed by atoms with Crippen LogP contribution in [0.4, 0.5) is 0 Å². The molecule has 0 aromatic rings. The van der Waals surface area contributed by atoms with Gasteiger partial charge in [-0.05, 0) is 6.92 Å². The minimum absolute atomic E-state index is 0.0610. The number of carbonyl (C=O) groups is 1. The molecule has 0 aliphatic heterocycles. The number of thiol groups is 2. The summed E-state index contributed by atoms with van der Waals surface area (Å²) in [4.78, 5) is 10.7. The van der Waals surface area contributed by atoms with Crippen molar-refractivity contribution in [2.75, 3.05) is 0 Å². The highest BCUT2D eigenvalue weighted by Crippen LogP contribution is 2.48. The van der Waals surface area contributed by atoms with E-state index in [1.807, 2.05) is 19.1 Å². The number of Topliss-reactive ketones (excluding diaryl/α,β-unsaturated/α-hetero) is 1. The maximum absolute atomic E-state index is 10.7. The third-order valence-corrected chi connectivity index (χ3v) is 2.38. The molecule has 9 heavy (non-hydrogen) atoms. The zero-order valence-corrected chi connectivity index (χ0v) is 6.82. The predicted octanol–water partition coefficient (Wildman–Crippen LogP) is 1.32. The monoisotopic (exact) mass is 160 g/mol.